The number of fused-ring (bicyclic) bond motifs is 3. The van der Waals surface area contributed by atoms with Gasteiger partial charge in [-0.2, -0.15) is 0 Å². The molecule has 0 spiro atoms. The fourth-order valence-electron chi connectivity index (χ4n) is 6.26. The van der Waals surface area contributed by atoms with Crippen LogP contribution < -0.4 is 4.90 Å². The van der Waals surface area contributed by atoms with Crippen molar-refractivity contribution in [2.24, 2.45) is 11.3 Å². The number of alkyl halides is 1. The fraction of sp³-hybridized carbons (Fsp3) is 0.355. The standard InChI is InChI=1S/C31H34ClNO4/c1-20(28(34)35)31(29(36)37,30(2,3)4)33(19-11-18-32)25-17-10-16-24-22-14-8-9-15-23(22)26(27(24)25)21-12-6-5-7-13-21/h5-10,12-17,20,26H,11,18-19H2,1-4H3,(H,34,35)(H,36,37)/t20?,26?,31-/m1/s1. The van der Waals surface area contributed by atoms with Gasteiger partial charge in [0.1, 0.15) is 0 Å². The van der Waals surface area contributed by atoms with Crippen molar-refractivity contribution in [3.05, 3.63) is 89.5 Å². The molecule has 0 aromatic heterocycles. The van der Waals surface area contributed by atoms with Crippen LogP contribution in [0.15, 0.2) is 72.8 Å². The maximum Gasteiger partial charge on any atom is 0.331 e. The van der Waals surface area contributed by atoms with Crippen LogP contribution in [0.3, 0.4) is 0 Å². The van der Waals surface area contributed by atoms with Crippen LogP contribution in [-0.4, -0.2) is 40.1 Å². The number of aliphatic carboxylic acids is 2. The lowest BCUT2D eigenvalue weighted by Crippen LogP contribution is -2.68. The number of nitrogens with zero attached hydrogens (tertiary/aromatic N) is 1. The van der Waals surface area contributed by atoms with Crippen LogP contribution >= 0.6 is 11.6 Å². The Hall–Kier alpha value is -3.31. The summed E-state index contributed by atoms with van der Waals surface area (Å²) in [5, 5.41) is 21.1. The second-order valence-electron chi connectivity index (χ2n) is 10.7. The Bertz CT molecular complexity index is 1300. The number of hydrogen-bond acceptors (Lipinski definition) is 3. The highest BCUT2D eigenvalue weighted by atomic mass is 35.5. The zero-order chi connectivity index (χ0) is 27.0. The van der Waals surface area contributed by atoms with E-state index < -0.39 is 28.8 Å². The van der Waals surface area contributed by atoms with Gasteiger partial charge in [0, 0.05) is 24.0 Å². The average Bonchev–Trinajstić information content (AvgIpc) is 3.20. The number of benzene rings is 3. The van der Waals surface area contributed by atoms with Crippen molar-refractivity contribution >= 4 is 29.2 Å². The lowest BCUT2D eigenvalue weighted by atomic mass is 9.64. The molecule has 0 bridgehead atoms. The van der Waals surface area contributed by atoms with Gasteiger partial charge >= 0.3 is 11.9 Å². The van der Waals surface area contributed by atoms with E-state index in [1.807, 2.05) is 47.4 Å². The Balaban J connectivity index is 2.08. The summed E-state index contributed by atoms with van der Waals surface area (Å²) in [6.07, 6.45) is 0.506. The summed E-state index contributed by atoms with van der Waals surface area (Å²) < 4.78 is 0. The molecule has 4 rings (SSSR count). The van der Waals surface area contributed by atoms with E-state index in [9.17, 15) is 19.8 Å². The SMILES string of the molecule is CC(C(=O)O)[C@](C(=O)O)(N(CCCCl)c1cccc2c1C(c1ccccc1)c1ccccc1-2)C(C)(C)C. The highest BCUT2D eigenvalue weighted by molar-refractivity contribution is 6.17. The Labute approximate surface area is 223 Å². The van der Waals surface area contributed by atoms with E-state index in [0.717, 1.165) is 33.5 Å². The number of rotatable bonds is 9. The number of anilines is 1. The highest BCUT2D eigenvalue weighted by Gasteiger charge is 2.60. The summed E-state index contributed by atoms with van der Waals surface area (Å²) in [5.41, 5.74) is 3.45. The van der Waals surface area contributed by atoms with E-state index in [-0.39, 0.29) is 5.92 Å². The zero-order valence-corrected chi connectivity index (χ0v) is 22.5. The minimum Gasteiger partial charge on any atom is -0.481 e. The van der Waals surface area contributed by atoms with Gasteiger partial charge in [0.25, 0.3) is 0 Å². The van der Waals surface area contributed by atoms with Crippen molar-refractivity contribution in [3.63, 3.8) is 0 Å². The molecule has 3 atom stereocenters. The number of hydrogen-bond donors (Lipinski definition) is 2. The van der Waals surface area contributed by atoms with Gasteiger partial charge in [-0.25, -0.2) is 4.79 Å². The molecule has 0 heterocycles. The van der Waals surface area contributed by atoms with Gasteiger partial charge in [-0.05, 0) is 52.6 Å². The quantitative estimate of drug-likeness (QED) is 0.236. The topological polar surface area (TPSA) is 77.8 Å². The molecule has 3 aromatic rings. The van der Waals surface area contributed by atoms with Gasteiger partial charge in [0.2, 0.25) is 0 Å². The normalized spacial score (nSPS) is 16.8. The summed E-state index contributed by atoms with van der Waals surface area (Å²) in [6.45, 7) is 7.23. The van der Waals surface area contributed by atoms with E-state index >= 15 is 0 Å². The van der Waals surface area contributed by atoms with Crippen LogP contribution in [0, 0.1) is 11.3 Å². The smallest absolute Gasteiger partial charge is 0.331 e. The van der Waals surface area contributed by atoms with E-state index in [4.69, 9.17) is 11.6 Å². The van der Waals surface area contributed by atoms with E-state index in [2.05, 4.69) is 30.3 Å². The third-order valence-electron chi connectivity index (χ3n) is 7.77. The Kier molecular flexibility index (Phi) is 7.38. The number of carboxylic acids is 2. The monoisotopic (exact) mass is 519 g/mol. The summed E-state index contributed by atoms with van der Waals surface area (Å²) in [4.78, 5) is 27.6. The second kappa shape index (κ2) is 10.2. The third kappa shape index (κ3) is 4.29. The van der Waals surface area contributed by atoms with Crippen molar-refractivity contribution in [3.8, 4) is 11.1 Å². The summed E-state index contributed by atoms with van der Waals surface area (Å²) in [5.74, 6) is -3.30. The van der Waals surface area contributed by atoms with Crippen molar-refractivity contribution in [2.45, 2.75) is 45.6 Å². The first kappa shape index (κ1) is 26.7. The minimum absolute atomic E-state index is 0.117. The van der Waals surface area contributed by atoms with Crippen molar-refractivity contribution in [2.75, 3.05) is 17.3 Å². The molecule has 0 saturated heterocycles. The van der Waals surface area contributed by atoms with Crippen molar-refractivity contribution in [1.82, 2.24) is 0 Å². The lowest BCUT2D eigenvalue weighted by Gasteiger charge is -2.53. The molecule has 0 amide bonds. The third-order valence-corrected chi connectivity index (χ3v) is 8.03. The molecule has 6 heteroatoms. The summed E-state index contributed by atoms with van der Waals surface area (Å²) >= 11 is 6.14. The lowest BCUT2D eigenvalue weighted by molar-refractivity contribution is -0.160. The molecule has 194 valence electrons. The first-order valence-corrected chi connectivity index (χ1v) is 13.2. The molecule has 0 fully saturated rings. The molecule has 2 N–H and O–H groups in total. The first-order valence-electron chi connectivity index (χ1n) is 12.6. The van der Waals surface area contributed by atoms with Crippen LogP contribution in [0.25, 0.3) is 11.1 Å². The van der Waals surface area contributed by atoms with Crippen LogP contribution in [0.5, 0.6) is 0 Å². The molecule has 0 radical (unpaired) electrons. The second-order valence-corrected chi connectivity index (χ2v) is 11.1. The van der Waals surface area contributed by atoms with Gasteiger partial charge in [-0.1, -0.05) is 87.5 Å². The minimum atomic E-state index is -1.74. The number of carboxylic acid groups (broad SMARTS) is 2. The zero-order valence-electron chi connectivity index (χ0n) is 21.7. The van der Waals surface area contributed by atoms with E-state index in [1.165, 1.54) is 6.92 Å². The summed E-state index contributed by atoms with van der Waals surface area (Å²) in [7, 11) is 0. The predicted octanol–water partition coefficient (Wildman–Crippen LogP) is 6.87. The van der Waals surface area contributed by atoms with Crippen molar-refractivity contribution < 1.29 is 19.8 Å². The molecule has 1 aliphatic rings. The molecule has 2 unspecified atom stereocenters. The van der Waals surface area contributed by atoms with E-state index in [0.29, 0.717) is 18.8 Å². The molecule has 3 aromatic carbocycles. The maximum absolute atomic E-state index is 13.3. The molecule has 37 heavy (non-hydrogen) atoms. The van der Waals surface area contributed by atoms with Gasteiger partial charge in [0.05, 0.1) is 5.92 Å². The van der Waals surface area contributed by atoms with Gasteiger partial charge in [-0.15, -0.1) is 11.6 Å². The largest absolute Gasteiger partial charge is 0.481 e. The molecular formula is C31H34ClNO4. The molecular weight excluding hydrogens is 486 g/mol. The van der Waals surface area contributed by atoms with Crippen LogP contribution in [0.4, 0.5) is 5.69 Å². The van der Waals surface area contributed by atoms with Crippen LogP contribution in [0.1, 0.15) is 56.7 Å². The van der Waals surface area contributed by atoms with Crippen LogP contribution in [-0.2, 0) is 9.59 Å². The summed E-state index contributed by atoms with van der Waals surface area (Å²) in [6, 6.07) is 24.4. The highest BCUT2D eigenvalue weighted by Crippen LogP contribution is 2.54. The Morgan fingerprint density at radius 3 is 2.14 bits per heavy atom. The number of halogens is 1. The first-order chi connectivity index (χ1) is 17.6. The van der Waals surface area contributed by atoms with Gasteiger partial charge in [-0.3, -0.25) is 4.79 Å². The van der Waals surface area contributed by atoms with Gasteiger partial charge < -0.3 is 15.1 Å². The molecule has 5 nitrogen and oxygen atoms in total. The molecule has 0 saturated carbocycles. The fourth-order valence-corrected chi connectivity index (χ4v) is 6.38. The van der Waals surface area contributed by atoms with Gasteiger partial charge in [0.15, 0.2) is 5.54 Å². The molecule has 0 aliphatic heterocycles. The van der Waals surface area contributed by atoms with Crippen molar-refractivity contribution in [1.29, 1.82) is 0 Å². The Morgan fingerprint density at radius 2 is 1.54 bits per heavy atom. The number of carbonyl (C=O) groups is 2. The van der Waals surface area contributed by atoms with Crippen LogP contribution in [0.2, 0.25) is 0 Å². The maximum atomic E-state index is 13.3. The Morgan fingerprint density at radius 1 is 0.919 bits per heavy atom. The average molecular weight is 520 g/mol. The van der Waals surface area contributed by atoms with E-state index in [1.54, 1.807) is 20.8 Å². The molecule has 1 aliphatic carbocycles. The predicted molar refractivity (Wildman–Crippen MR) is 149 cm³/mol.